The molecular formula is C6H7FO4. The van der Waals surface area contributed by atoms with Crippen LogP contribution in [0, 0.1) is 0 Å². The number of halogens is 1. The average molecular weight is 162 g/mol. The Balaban J connectivity index is 3.95. The van der Waals surface area contributed by atoms with Crippen molar-refractivity contribution in [2.45, 2.75) is 12.6 Å². The van der Waals surface area contributed by atoms with Crippen LogP contribution in [0.4, 0.5) is 4.39 Å². The highest BCUT2D eigenvalue weighted by Crippen LogP contribution is 2.06. The predicted molar refractivity (Wildman–Crippen MR) is 33.9 cm³/mol. The van der Waals surface area contributed by atoms with Crippen LogP contribution in [-0.2, 0) is 9.59 Å². The molecule has 0 rings (SSSR count). The van der Waals surface area contributed by atoms with Gasteiger partial charge in [0, 0.05) is 12.0 Å². The Kier molecular flexibility index (Phi) is 3.23. The van der Waals surface area contributed by atoms with Crippen molar-refractivity contribution in [3.8, 4) is 0 Å². The lowest BCUT2D eigenvalue weighted by Gasteiger charge is -2.00. The molecule has 5 heteroatoms. The second-order valence-electron chi connectivity index (χ2n) is 1.92. The van der Waals surface area contributed by atoms with Gasteiger partial charge in [-0.2, -0.15) is 0 Å². The van der Waals surface area contributed by atoms with E-state index in [1.54, 1.807) is 0 Å². The second kappa shape index (κ2) is 3.70. The van der Waals surface area contributed by atoms with Crippen molar-refractivity contribution in [3.05, 3.63) is 12.2 Å². The number of hydrogen-bond acceptors (Lipinski definition) is 2. The van der Waals surface area contributed by atoms with Gasteiger partial charge in [0.25, 0.3) is 0 Å². The zero-order chi connectivity index (χ0) is 9.02. The molecule has 0 bridgehead atoms. The van der Waals surface area contributed by atoms with Gasteiger partial charge in [0.05, 0.1) is 0 Å². The summed E-state index contributed by atoms with van der Waals surface area (Å²) < 4.78 is 12.2. The van der Waals surface area contributed by atoms with Crippen LogP contribution in [0.25, 0.3) is 0 Å². The minimum atomic E-state index is -2.18. The van der Waals surface area contributed by atoms with Crippen LogP contribution in [0.5, 0.6) is 0 Å². The second-order valence-corrected chi connectivity index (χ2v) is 1.92. The van der Waals surface area contributed by atoms with Gasteiger partial charge in [-0.15, -0.1) is 0 Å². The van der Waals surface area contributed by atoms with E-state index in [4.69, 9.17) is 10.2 Å². The maximum atomic E-state index is 12.2. The summed E-state index contributed by atoms with van der Waals surface area (Å²) in [5, 5.41) is 16.2. The molecule has 0 aromatic rings. The number of alkyl halides is 1. The molecule has 0 saturated carbocycles. The molecule has 0 unspecified atom stereocenters. The number of carboxylic acid groups (broad SMARTS) is 2. The maximum absolute atomic E-state index is 12.2. The minimum Gasteiger partial charge on any atom is -0.479 e. The van der Waals surface area contributed by atoms with E-state index in [9.17, 15) is 14.0 Å². The van der Waals surface area contributed by atoms with Crippen LogP contribution in [0.2, 0.25) is 0 Å². The first-order chi connectivity index (χ1) is 4.95. The Labute approximate surface area is 62.0 Å². The molecule has 0 aromatic carbocycles. The van der Waals surface area contributed by atoms with E-state index in [1.807, 2.05) is 0 Å². The molecule has 0 radical (unpaired) electrons. The fourth-order valence-corrected chi connectivity index (χ4v) is 0.391. The molecule has 11 heavy (non-hydrogen) atoms. The minimum absolute atomic E-state index is 0.445. The van der Waals surface area contributed by atoms with E-state index in [0.717, 1.165) is 0 Å². The molecule has 0 aliphatic carbocycles. The summed E-state index contributed by atoms with van der Waals surface area (Å²) in [7, 11) is 0. The van der Waals surface area contributed by atoms with Gasteiger partial charge in [0.1, 0.15) is 0 Å². The summed E-state index contributed by atoms with van der Waals surface area (Å²) >= 11 is 0. The normalized spacial score (nSPS) is 12.1. The van der Waals surface area contributed by atoms with Gasteiger partial charge in [-0.1, -0.05) is 6.58 Å². The van der Waals surface area contributed by atoms with Gasteiger partial charge >= 0.3 is 11.9 Å². The molecular weight excluding hydrogens is 155 g/mol. The molecule has 4 nitrogen and oxygen atoms in total. The lowest BCUT2D eigenvalue weighted by molar-refractivity contribution is -0.142. The summed E-state index contributed by atoms with van der Waals surface area (Å²) in [4.78, 5) is 19.8. The van der Waals surface area contributed by atoms with Gasteiger partial charge in [-0.25, -0.2) is 14.0 Å². The molecule has 0 saturated heterocycles. The average Bonchev–Trinajstić information content (AvgIpc) is 1.87. The summed E-state index contributed by atoms with van der Waals surface area (Å²) in [6.45, 7) is 2.97. The van der Waals surface area contributed by atoms with Crippen LogP contribution in [0.1, 0.15) is 6.42 Å². The molecule has 0 heterocycles. The van der Waals surface area contributed by atoms with Crippen LogP contribution in [0.3, 0.4) is 0 Å². The number of aliphatic carboxylic acids is 2. The number of rotatable bonds is 4. The fraction of sp³-hybridized carbons (Fsp3) is 0.333. The summed E-state index contributed by atoms with van der Waals surface area (Å²) in [6.07, 6.45) is -2.86. The van der Waals surface area contributed by atoms with Crippen LogP contribution < -0.4 is 0 Å². The Morgan fingerprint density at radius 1 is 1.45 bits per heavy atom. The number of hydrogen-bond donors (Lipinski definition) is 2. The van der Waals surface area contributed by atoms with Crippen molar-refractivity contribution in [1.29, 1.82) is 0 Å². The third kappa shape index (κ3) is 3.34. The highest BCUT2D eigenvalue weighted by molar-refractivity contribution is 5.87. The van der Waals surface area contributed by atoms with E-state index in [2.05, 4.69) is 6.58 Å². The van der Waals surface area contributed by atoms with Gasteiger partial charge in [-0.05, 0) is 0 Å². The SMILES string of the molecule is C=C(C[C@H](F)C(=O)O)C(=O)O. The van der Waals surface area contributed by atoms with Crippen molar-refractivity contribution in [2.24, 2.45) is 0 Å². The fourth-order valence-electron chi connectivity index (χ4n) is 0.391. The largest absolute Gasteiger partial charge is 0.479 e. The van der Waals surface area contributed by atoms with Crippen molar-refractivity contribution in [2.75, 3.05) is 0 Å². The Hall–Kier alpha value is -1.39. The maximum Gasteiger partial charge on any atom is 0.338 e. The zero-order valence-corrected chi connectivity index (χ0v) is 5.58. The molecule has 0 aromatic heterocycles. The Bertz CT molecular complexity index is 199. The quantitative estimate of drug-likeness (QED) is 0.588. The Morgan fingerprint density at radius 2 is 1.91 bits per heavy atom. The van der Waals surface area contributed by atoms with Crippen LogP contribution >= 0.6 is 0 Å². The third-order valence-corrected chi connectivity index (χ3v) is 0.996. The smallest absolute Gasteiger partial charge is 0.338 e. The van der Waals surface area contributed by atoms with Gasteiger partial charge in [-0.3, -0.25) is 0 Å². The molecule has 62 valence electrons. The first-order valence-electron chi connectivity index (χ1n) is 2.73. The highest BCUT2D eigenvalue weighted by Gasteiger charge is 2.19. The molecule has 2 N–H and O–H groups in total. The molecule has 0 amide bonds. The molecule has 1 atom stereocenters. The van der Waals surface area contributed by atoms with E-state index in [1.165, 1.54) is 0 Å². The monoisotopic (exact) mass is 162 g/mol. The Morgan fingerprint density at radius 3 is 2.18 bits per heavy atom. The van der Waals surface area contributed by atoms with Gasteiger partial charge in [0.2, 0.25) is 6.17 Å². The molecule has 0 spiro atoms. The van der Waals surface area contributed by atoms with Gasteiger partial charge in [0.15, 0.2) is 0 Å². The van der Waals surface area contributed by atoms with E-state index < -0.39 is 30.1 Å². The topological polar surface area (TPSA) is 74.6 Å². The van der Waals surface area contributed by atoms with Crippen molar-refractivity contribution >= 4 is 11.9 Å². The third-order valence-electron chi connectivity index (χ3n) is 0.996. The summed E-state index contributed by atoms with van der Waals surface area (Å²) in [5.74, 6) is -3.05. The van der Waals surface area contributed by atoms with Gasteiger partial charge < -0.3 is 10.2 Å². The molecule has 0 aliphatic heterocycles. The van der Waals surface area contributed by atoms with E-state index >= 15 is 0 Å². The first kappa shape index (κ1) is 9.61. The lowest BCUT2D eigenvalue weighted by atomic mass is 10.1. The summed E-state index contributed by atoms with van der Waals surface area (Å²) in [6, 6.07) is 0. The lowest BCUT2D eigenvalue weighted by Crippen LogP contribution is -2.17. The first-order valence-corrected chi connectivity index (χ1v) is 2.73. The van der Waals surface area contributed by atoms with Crippen LogP contribution in [-0.4, -0.2) is 28.3 Å². The number of carbonyl (C=O) groups is 2. The van der Waals surface area contributed by atoms with Crippen molar-refractivity contribution in [3.63, 3.8) is 0 Å². The standard InChI is InChI=1S/C6H7FO4/c1-3(5(8)9)2-4(7)6(10)11/h4H,1-2H2,(H,8,9)(H,10,11)/t4-/m0/s1. The summed E-state index contributed by atoms with van der Waals surface area (Å²) in [5.41, 5.74) is -0.445. The molecule has 0 aliphatic rings. The van der Waals surface area contributed by atoms with Crippen molar-refractivity contribution in [1.82, 2.24) is 0 Å². The highest BCUT2D eigenvalue weighted by atomic mass is 19.1. The van der Waals surface area contributed by atoms with Crippen molar-refractivity contribution < 1.29 is 24.2 Å². The van der Waals surface area contributed by atoms with E-state index in [0.29, 0.717) is 0 Å². The number of carboxylic acids is 2. The van der Waals surface area contributed by atoms with Crippen LogP contribution in [0.15, 0.2) is 12.2 Å². The predicted octanol–water partition coefficient (Wildman–Crippen LogP) is 0.440. The zero-order valence-electron chi connectivity index (χ0n) is 5.58. The van der Waals surface area contributed by atoms with E-state index in [-0.39, 0.29) is 0 Å². The molecule has 0 fully saturated rings.